The average molecular weight is 257 g/mol. The monoisotopic (exact) mass is 257 g/mol. The lowest BCUT2D eigenvalue weighted by molar-refractivity contribution is -0.140. The van der Waals surface area contributed by atoms with Crippen LogP contribution in [0, 0.1) is 0 Å². The SMILES string of the molecule is COc1ccc(C(C)=NOC(C)=O)c2ccccc12. The van der Waals surface area contributed by atoms with E-state index in [0.717, 1.165) is 22.1 Å². The summed E-state index contributed by atoms with van der Waals surface area (Å²) < 4.78 is 5.34. The van der Waals surface area contributed by atoms with Gasteiger partial charge in [0, 0.05) is 17.9 Å². The van der Waals surface area contributed by atoms with Gasteiger partial charge in [-0.05, 0) is 24.4 Å². The molecule has 2 aromatic rings. The number of hydrogen-bond donors (Lipinski definition) is 0. The van der Waals surface area contributed by atoms with Crippen LogP contribution in [0.2, 0.25) is 0 Å². The summed E-state index contributed by atoms with van der Waals surface area (Å²) in [6.45, 7) is 3.13. The maximum atomic E-state index is 10.8. The highest BCUT2D eigenvalue weighted by Crippen LogP contribution is 2.28. The van der Waals surface area contributed by atoms with E-state index >= 15 is 0 Å². The molecule has 0 aliphatic heterocycles. The number of fused-ring (bicyclic) bond motifs is 1. The first kappa shape index (κ1) is 13.1. The molecule has 98 valence electrons. The number of carbonyl (C=O) groups is 1. The highest BCUT2D eigenvalue weighted by atomic mass is 16.7. The number of carbonyl (C=O) groups excluding carboxylic acids is 1. The second kappa shape index (κ2) is 5.52. The van der Waals surface area contributed by atoms with Crippen molar-refractivity contribution in [2.24, 2.45) is 5.16 Å². The maximum absolute atomic E-state index is 10.8. The molecule has 0 amide bonds. The van der Waals surface area contributed by atoms with Crippen molar-refractivity contribution in [1.82, 2.24) is 0 Å². The maximum Gasteiger partial charge on any atom is 0.331 e. The Hall–Kier alpha value is -2.36. The van der Waals surface area contributed by atoms with Crippen molar-refractivity contribution in [3.63, 3.8) is 0 Å². The van der Waals surface area contributed by atoms with Crippen molar-refractivity contribution in [2.45, 2.75) is 13.8 Å². The van der Waals surface area contributed by atoms with E-state index in [9.17, 15) is 4.79 Å². The van der Waals surface area contributed by atoms with Gasteiger partial charge in [0.25, 0.3) is 0 Å². The Bertz CT molecular complexity index is 647. The van der Waals surface area contributed by atoms with Crippen LogP contribution in [0.4, 0.5) is 0 Å². The standard InChI is InChI=1S/C15H15NO3/c1-10(16-19-11(2)17)12-8-9-15(18-3)14-7-5-4-6-13(12)14/h4-9H,1-3H3. The minimum Gasteiger partial charge on any atom is -0.496 e. The molecule has 4 heteroatoms. The highest BCUT2D eigenvalue weighted by Gasteiger charge is 2.08. The third kappa shape index (κ3) is 2.73. The van der Waals surface area contributed by atoms with Gasteiger partial charge in [0.1, 0.15) is 5.75 Å². The van der Waals surface area contributed by atoms with E-state index in [2.05, 4.69) is 9.99 Å². The smallest absolute Gasteiger partial charge is 0.331 e. The zero-order valence-electron chi connectivity index (χ0n) is 11.1. The minimum atomic E-state index is -0.433. The van der Waals surface area contributed by atoms with Crippen LogP contribution >= 0.6 is 0 Å². The lowest BCUT2D eigenvalue weighted by atomic mass is 10.0. The van der Waals surface area contributed by atoms with Gasteiger partial charge in [0.15, 0.2) is 0 Å². The molecule has 0 radical (unpaired) electrons. The first-order valence-corrected chi connectivity index (χ1v) is 5.91. The van der Waals surface area contributed by atoms with Gasteiger partial charge in [0.05, 0.1) is 12.8 Å². The Kier molecular flexibility index (Phi) is 3.80. The van der Waals surface area contributed by atoms with Crippen molar-refractivity contribution < 1.29 is 14.4 Å². The molecule has 0 spiro atoms. The van der Waals surface area contributed by atoms with E-state index in [1.165, 1.54) is 6.92 Å². The van der Waals surface area contributed by atoms with Crippen LogP contribution in [0.25, 0.3) is 10.8 Å². The van der Waals surface area contributed by atoms with E-state index < -0.39 is 5.97 Å². The molecule has 0 heterocycles. The number of benzene rings is 2. The van der Waals surface area contributed by atoms with Gasteiger partial charge in [-0.25, -0.2) is 4.79 Å². The molecule has 19 heavy (non-hydrogen) atoms. The Balaban J connectivity index is 2.56. The number of nitrogens with zero attached hydrogens (tertiary/aromatic N) is 1. The fourth-order valence-corrected chi connectivity index (χ4v) is 1.95. The van der Waals surface area contributed by atoms with Crippen molar-refractivity contribution in [1.29, 1.82) is 0 Å². The van der Waals surface area contributed by atoms with Crippen molar-refractivity contribution >= 4 is 22.5 Å². The molecule has 0 atom stereocenters. The number of ether oxygens (including phenoxy) is 1. The van der Waals surface area contributed by atoms with Gasteiger partial charge in [-0.1, -0.05) is 29.4 Å². The quantitative estimate of drug-likeness (QED) is 0.482. The van der Waals surface area contributed by atoms with Crippen LogP contribution in [-0.2, 0) is 9.63 Å². The van der Waals surface area contributed by atoms with Gasteiger partial charge in [-0.15, -0.1) is 0 Å². The molecule has 2 aromatic carbocycles. The molecule has 0 aliphatic rings. The summed E-state index contributed by atoms with van der Waals surface area (Å²) in [4.78, 5) is 15.5. The first-order chi connectivity index (χ1) is 9.13. The third-order valence-electron chi connectivity index (χ3n) is 2.80. The molecule has 0 saturated heterocycles. The third-order valence-corrected chi connectivity index (χ3v) is 2.80. The predicted octanol–water partition coefficient (Wildman–Crippen LogP) is 3.14. The molecule has 4 nitrogen and oxygen atoms in total. The van der Waals surface area contributed by atoms with Gasteiger partial charge >= 0.3 is 5.97 Å². The molecule has 0 unspecified atom stereocenters. The zero-order valence-corrected chi connectivity index (χ0v) is 11.1. The molecule has 0 bridgehead atoms. The van der Waals surface area contributed by atoms with Gasteiger partial charge < -0.3 is 9.57 Å². The second-order valence-corrected chi connectivity index (χ2v) is 4.12. The second-order valence-electron chi connectivity index (χ2n) is 4.12. The topological polar surface area (TPSA) is 47.9 Å². The summed E-state index contributed by atoms with van der Waals surface area (Å²) in [5.74, 6) is 0.372. The van der Waals surface area contributed by atoms with Crippen LogP contribution in [0.15, 0.2) is 41.6 Å². The van der Waals surface area contributed by atoms with Crippen molar-refractivity contribution in [3.05, 3.63) is 42.0 Å². The molecule has 2 rings (SSSR count). The minimum absolute atomic E-state index is 0.433. The van der Waals surface area contributed by atoms with Crippen molar-refractivity contribution in [3.8, 4) is 5.75 Å². The van der Waals surface area contributed by atoms with Crippen LogP contribution in [0.3, 0.4) is 0 Å². The van der Waals surface area contributed by atoms with Crippen LogP contribution in [-0.4, -0.2) is 18.8 Å². The number of methoxy groups -OCH3 is 1. The lowest BCUT2D eigenvalue weighted by Gasteiger charge is -2.09. The van der Waals surface area contributed by atoms with Gasteiger partial charge in [-0.3, -0.25) is 0 Å². The summed E-state index contributed by atoms with van der Waals surface area (Å²) in [5, 5.41) is 5.84. The molecule has 0 saturated carbocycles. The van der Waals surface area contributed by atoms with Crippen LogP contribution in [0.5, 0.6) is 5.75 Å². The summed E-state index contributed by atoms with van der Waals surface area (Å²) in [6.07, 6.45) is 0. The van der Waals surface area contributed by atoms with E-state index in [0.29, 0.717) is 5.71 Å². The fraction of sp³-hybridized carbons (Fsp3) is 0.200. The Labute approximate surface area is 111 Å². The van der Waals surface area contributed by atoms with E-state index in [-0.39, 0.29) is 0 Å². The fourth-order valence-electron chi connectivity index (χ4n) is 1.95. The number of rotatable bonds is 3. The lowest BCUT2D eigenvalue weighted by Crippen LogP contribution is -2.01. The van der Waals surface area contributed by atoms with E-state index in [1.807, 2.05) is 36.4 Å². The molecule has 0 aromatic heterocycles. The molecule has 0 N–H and O–H groups in total. The molecular weight excluding hydrogens is 242 g/mol. The number of oxime groups is 1. The normalized spacial score (nSPS) is 11.4. The summed E-state index contributed by atoms with van der Waals surface area (Å²) in [6, 6.07) is 11.7. The predicted molar refractivity (Wildman–Crippen MR) is 74.5 cm³/mol. The molecule has 0 aliphatic carbocycles. The highest BCUT2D eigenvalue weighted by molar-refractivity contribution is 6.11. The Morgan fingerprint density at radius 3 is 2.37 bits per heavy atom. The van der Waals surface area contributed by atoms with Crippen molar-refractivity contribution in [2.75, 3.05) is 7.11 Å². The Morgan fingerprint density at radius 2 is 1.74 bits per heavy atom. The van der Waals surface area contributed by atoms with Gasteiger partial charge in [-0.2, -0.15) is 0 Å². The molecule has 0 fully saturated rings. The number of hydrogen-bond acceptors (Lipinski definition) is 4. The van der Waals surface area contributed by atoms with Crippen LogP contribution < -0.4 is 4.74 Å². The first-order valence-electron chi connectivity index (χ1n) is 5.91. The summed E-state index contributed by atoms with van der Waals surface area (Å²) in [7, 11) is 1.64. The van der Waals surface area contributed by atoms with Crippen LogP contribution in [0.1, 0.15) is 19.4 Å². The zero-order chi connectivity index (χ0) is 13.8. The Morgan fingerprint density at radius 1 is 1.05 bits per heavy atom. The van der Waals surface area contributed by atoms with E-state index in [1.54, 1.807) is 14.0 Å². The summed E-state index contributed by atoms with van der Waals surface area (Å²) >= 11 is 0. The summed E-state index contributed by atoms with van der Waals surface area (Å²) in [5.41, 5.74) is 1.56. The molecular formula is C15H15NO3. The van der Waals surface area contributed by atoms with Gasteiger partial charge in [0.2, 0.25) is 0 Å². The average Bonchev–Trinajstić information content (AvgIpc) is 2.43. The largest absolute Gasteiger partial charge is 0.496 e. The van der Waals surface area contributed by atoms with E-state index in [4.69, 9.17) is 4.74 Å².